The Morgan fingerprint density at radius 2 is 0.647 bits per heavy atom. The standard InChI is InChI=1S/C66H80N2/c1-7-13-17-21-29-51-37-43-57(44-38-51)67(59-47-41-55(53(11-5)49-59)31-23-19-15-9-3)65-61-33-25-27-35-63(61)66(64-36-28-26-34-62(64)65)68(58-45-39-52(40-46-58)30-22-18-14-8-2)60-48-42-56(54(12-6)50-60)32-24-20-16-10-4/h11-12,25-28,33-50H,5-10,13-24,29-32H2,1-4H3. The lowest BCUT2D eigenvalue weighted by Crippen LogP contribution is -2.15. The third kappa shape index (κ3) is 12.4. The van der Waals surface area contributed by atoms with E-state index in [1.54, 1.807) is 0 Å². The molecule has 0 aliphatic rings. The van der Waals surface area contributed by atoms with Gasteiger partial charge in [0.1, 0.15) is 0 Å². The van der Waals surface area contributed by atoms with E-state index in [0.717, 1.165) is 48.4 Å². The highest BCUT2D eigenvalue weighted by molar-refractivity contribution is 6.23. The maximum absolute atomic E-state index is 4.36. The number of hydrogen-bond acceptors (Lipinski definition) is 2. The number of unbranched alkanes of at least 4 members (excludes halogenated alkanes) is 12. The van der Waals surface area contributed by atoms with Gasteiger partial charge in [0.2, 0.25) is 0 Å². The van der Waals surface area contributed by atoms with Crippen molar-refractivity contribution in [2.75, 3.05) is 9.80 Å². The lowest BCUT2D eigenvalue weighted by molar-refractivity contribution is 0.666. The molecule has 7 aromatic carbocycles. The van der Waals surface area contributed by atoms with Crippen LogP contribution in [-0.2, 0) is 25.7 Å². The lowest BCUT2D eigenvalue weighted by Gasteiger charge is -2.33. The molecule has 0 spiro atoms. The first kappa shape index (κ1) is 50.0. The molecule has 0 bridgehead atoms. The second-order valence-electron chi connectivity index (χ2n) is 19.2. The molecule has 68 heavy (non-hydrogen) atoms. The maximum Gasteiger partial charge on any atom is 0.0619 e. The Morgan fingerprint density at radius 3 is 0.956 bits per heavy atom. The molecule has 0 saturated heterocycles. The number of anilines is 6. The van der Waals surface area contributed by atoms with Gasteiger partial charge in [-0.15, -0.1) is 0 Å². The second kappa shape index (κ2) is 26.0. The van der Waals surface area contributed by atoms with Crippen LogP contribution < -0.4 is 9.80 Å². The summed E-state index contributed by atoms with van der Waals surface area (Å²) in [5.74, 6) is 0. The third-order valence-corrected chi connectivity index (χ3v) is 14.2. The molecule has 0 fully saturated rings. The number of aryl methyl sites for hydroxylation is 4. The van der Waals surface area contributed by atoms with Crippen LogP contribution in [0.3, 0.4) is 0 Å². The van der Waals surface area contributed by atoms with Crippen molar-refractivity contribution < 1.29 is 0 Å². The Hall–Kier alpha value is -5.86. The molecule has 0 N–H and O–H groups in total. The SMILES string of the molecule is C=Cc1cc(N(c2ccc(CCCCCC)cc2)c2c3ccccc3c(N(c3ccc(CCCCCC)cc3)c3ccc(CCCCCC)c(C=C)c3)c3ccccc23)ccc1CCCCCC. The summed E-state index contributed by atoms with van der Waals surface area (Å²) in [6.07, 6.45) is 28.5. The van der Waals surface area contributed by atoms with E-state index < -0.39 is 0 Å². The molecule has 2 nitrogen and oxygen atoms in total. The van der Waals surface area contributed by atoms with Crippen LogP contribution >= 0.6 is 0 Å². The Morgan fingerprint density at radius 1 is 0.338 bits per heavy atom. The van der Waals surface area contributed by atoms with Crippen LogP contribution in [0.25, 0.3) is 33.7 Å². The lowest BCUT2D eigenvalue weighted by atomic mass is 9.94. The minimum atomic E-state index is 1.07. The van der Waals surface area contributed by atoms with E-state index in [0.29, 0.717) is 0 Å². The van der Waals surface area contributed by atoms with Gasteiger partial charge in [0.25, 0.3) is 0 Å². The highest BCUT2D eigenvalue weighted by Crippen LogP contribution is 2.51. The summed E-state index contributed by atoms with van der Waals surface area (Å²) in [6, 6.07) is 51.4. The zero-order valence-electron chi connectivity index (χ0n) is 42.3. The molecule has 7 rings (SSSR count). The van der Waals surface area contributed by atoms with Gasteiger partial charge in [0.05, 0.1) is 11.4 Å². The van der Waals surface area contributed by atoms with Gasteiger partial charge in [0, 0.05) is 44.3 Å². The quantitative estimate of drug-likeness (QED) is 0.0275. The van der Waals surface area contributed by atoms with Crippen LogP contribution in [0.2, 0.25) is 0 Å². The summed E-state index contributed by atoms with van der Waals surface area (Å²) in [6.45, 7) is 17.9. The highest BCUT2D eigenvalue weighted by atomic mass is 15.2. The molecule has 0 aliphatic carbocycles. The van der Waals surface area contributed by atoms with Crippen LogP contribution in [-0.4, -0.2) is 0 Å². The van der Waals surface area contributed by atoms with Crippen LogP contribution in [0, 0.1) is 0 Å². The maximum atomic E-state index is 4.36. The van der Waals surface area contributed by atoms with Crippen LogP contribution in [0.4, 0.5) is 34.1 Å². The van der Waals surface area contributed by atoms with E-state index in [-0.39, 0.29) is 0 Å². The second-order valence-corrected chi connectivity index (χ2v) is 19.2. The van der Waals surface area contributed by atoms with Crippen molar-refractivity contribution in [3.63, 3.8) is 0 Å². The Bertz CT molecular complexity index is 2430. The van der Waals surface area contributed by atoms with Crippen LogP contribution in [0.5, 0.6) is 0 Å². The fraction of sp³-hybridized carbons (Fsp3) is 0.364. The number of rotatable bonds is 28. The fourth-order valence-electron chi connectivity index (χ4n) is 10.3. The summed E-state index contributed by atoms with van der Waals surface area (Å²) in [5, 5.41) is 4.84. The van der Waals surface area contributed by atoms with E-state index in [1.807, 2.05) is 0 Å². The number of benzene rings is 7. The predicted molar refractivity (Wildman–Crippen MR) is 302 cm³/mol. The molecule has 0 heterocycles. The van der Waals surface area contributed by atoms with E-state index in [2.05, 4.69) is 196 Å². The highest BCUT2D eigenvalue weighted by Gasteiger charge is 2.26. The molecule has 0 atom stereocenters. The average molecular weight is 901 g/mol. The molecule has 7 aromatic rings. The summed E-state index contributed by atoms with van der Waals surface area (Å²) < 4.78 is 0. The number of hydrogen-bond donors (Lipinski definition) is 0. The summed E-state index contributed by atoms with van der Waals surface area (Å²) in [4.78, 5) is 5.06. The van der Waals surface area contributed by atoms with E-state index in [9.17, 15) is 0 Å². The monoisotopic (exact) mass is 901 g/mol. The molecular formula is C66H80N2. The molecule has 0 saturated carbocycles. The number of fused-ring (bicyclic) bond motifs is 2. The number of nitrogens with zero attached hydrogens (tertiary/aromatic N) is 2. The van der Waals surface area contributed by atoms with Crippen molar-refractivity contribution in [3.8, 4) is 0 Å². The van der Waals surface area contributed by atoms with Crippen molar-refractivity contribution in [2.24, 2.45) is 0 Å². The first-order valence-corrected chi connectivity index (χ1v) is 26.8. The van der Waals surface area contributed by atoms with Crippen LogP contribution in [0.1, 0.15) is 164 Å². The first-order valence-electron chi connectivity index (χ1n) is 26.8. The molecule has 0 unspecified atom stereocenters. The van der Waals surface area contributed by atoms with E-state index in [1.165, 1.54) is 169 Å². The van der Waals surface area contributed by atoms with Crippen molar-refractivity contribution in [1.82, 2.24) is 0 Å². The van der Waals surface area contributed by atoms with Crippen molar-refractivity contribution in [1.29, 1.82) is 0 Å². The third-order valence-electron chi connectivity index (χ3n) is 14.2. The molecule has 0 radical (unpaired) electrons. The molecular weight excluding hydrogens is 821 g/mol. The first-order chi connectivity index (χ1) is 33.5. The van der Waals surface area contributed by atoms with Gasteiger partial charge in [0.15, 0.2) is 0 Å². The van der Waals surface area contributed by atoms with Gasteiger partial charge >= 0.3 is 0 Å². The minimum absolute atomic E-state index is 1.07. The normalized spacial score (nSPS) is 11.4. The summed E-state index contributed by atoms with van der Waals surface area (Å²) in [5.41, 5.74) is 15.0. The minimum Gasteiger partial charge on any atom is -0.309 e. The van der Waals surface area contributed by atoms with Crippen molar-refractivity contribution in [3.05, 3.63) is 180 Å². The van der Waals surface area contributed by atoms with Gasteiger partial charge in [-0.25, -0.2) is 0 Å². The Kier molecular flexibility index (Phi) is 19.2. The van der Waals surface area contributed by atoms with Gasteiger partial charge in [-0.2, -0.15) is 0 Å². The Labute approximate surface area is 411 Å². The fourth-order valence-corrected chi connectivity index (χ4v) is 10.3. The predicted octanol–water partition coefficient (Wildman–Crippen LogP) is 20.7. The smallest absolute Gasteiger partial charge is 0.0619 e. The van der Waals surface area contributed by atoms with Gasteiger partial charge in [-0.05, 0) is 133 Å². The summed E-state index contributed by atoms with van der Waals surface area (Å²) in [7, 11) is 0. The van der Waals surface area contributed by atoms with E-state index in [4.69, 9.17) is 0 Å². The average Bonchev–Trinajstić information content (AvgIpc) is 3.38. The van der Waals surface area contributed by atoms with Crippen molar-refractivity contribution >= 4 is 67.8 Å². The van der Waals surface area contributed by atoms with Gasteiger partial charge < -0.3 is 9.80 Å². The molecule has 2 heteroatoms. The molecule has 0 amide bonds. The van der Waals surface area contributed by atoms with Crippen LogP contribution in [0.15, 0.2) is 147 Å². The van der Waals surface area contributed by atoms with Gasteiger partial charge in [-0.3, -0.25) is 0 Å². The molecule has 0 aromatic heterocycles. The molecule has 354 valence electrons. The zero-order chi connectivity index (χ0) is 47.5. The topological polar surface area (TPSA) is 6.48 Å². The van der Waals surface area contributed by atoms with Gasteiger partial charge in [-0.1, -0.05) is 215 Å². The molecule has 0 aliphatic heterocycles. The van der Waals surface area contributed by atoms with E-state index >= 15 is 0 Å². The zero-order valence-corrected chi connectivity index (χ0v) is 42.3. The Balaban J connectivity index is 1.44. The largest absolute Gasteiger partial charge is 0.309 e. The summed E-state index contributed by atoms with van der Waals surface area (Å²) >= 11 is 0. The van der Waals surface area contributed by atoms with Crippen molar-refractivity contribution in [2.45, 2.75) is 156 Å².